The summed E-state index contributed by atoms with van der Waals surface area (Å²) in [7, 11) is 2.20. The lowest BCUT2D eigenvalue weighted by Crippen LogP contribution is -2.19. The molecular weight excluding hydrogens is 482 g/mol. The molecule has 1 unspecified atom stereocenters. The number of urea groups is 1. The van der Waals surface area contributed by atoms with E-state index in [1.165, 1.54) is 43.5 Å². The van der Waals surface area contributed by atoms with Crippen molar-refractivity contribution in [2.75, 3.05) is 30.8 Å². The van der Waals surface area contributed by atoms with E-state index in [9.17, 15) is 9.59 Å². The van der Waals surface area contributed by atoms with Gasteiger partial charge in [0, 0.05) is 11.9 Å². The van der Waals surface area contributed by atoms with Crippen LogP contribution in [0.4, 0.5) is 16.2 Å². The van der Waals surface area contributed by atoms with E-state index in [0.29, 0.717) is 21.3 Å². The summed E-state index contributed by atoms with van der Waals surface area (Å²) in [5.41, 5.74) is 1.80. The van der Waals surface area contributed by atoms with E-state index in [1.54, 1.807) is 41.2 Å². The molecule has 1 aromatic carbocycles. The number of thiophene rings is 1. The summed E-state index contributed by atoms with van der Waals surface area (Å²) in [5.74, 6) is 1.000. The lowest BCUT2D eigenvalue weighted by atomic mass is 10.1. The zero-order valence-electron chi connectivity index (χ0n) is 21.5. The monoisotopic (exact) mass is 519 g/mol. The third-order valence-electron chi connectivity index (χ3n) is 5.02. The van der Waals surface area contributed by atoms with Gasteiger partial charge in [0.25, 0.3) is 0 Å². The number of carbonyl (C=O) groups excluding carboxylic acids is 2. The minimum atomic E-state index is -0.420. The number of aldehydes is 1. The Morgan fingerprint density at radius 1 is 1.23 bits per heavy atom. The van der Waals surface area contributed by atoms with E-state index < -0.39 is 6.03 Å². The molecule has 2 amide bonds. The highest BCUT2D eigenvalue weighted by Gasteiger charge is 2.16. The van der Waals surface area contributed by atoms with Crippen molar-refractivity contribution in [1.82, 2.24) is 14.7 Å². The number of anilines is 2. The van der Waals surface area contributed by atoms with E-state index in [2.05, 4.69) is 34.6 Å². The van der Waals surface area contributed by atoms with E-state index in [4.69, 9.17) is 11.6 Å². The van der Waals surface area contributed by atoms with Gasteiger partial charge in [-0.15, -0.1) is 11.3 Å². The summed E-state index contributed by atoms with van der Waals surface area (Å²) >= 11 is 7.31. The first kappa shape index (κ1) is 30.4. The van der Waals surface area contributed by atoms with Crippen LogP contribution in [0.2, 0.25) is 5.02 Å². The summed E-state index contributed by atoms with van der Waals surface area (Å²) in [6.07, 6.45) is 6.75. The normalized spacial score (nSPS) is 14.3. The number of hydrogen-bond acceptors (Lipinski definition) is 5. The van der Waals surface area contributed by atoms with Crippen molar-refractivity contribution in [3.63, 3.8) is 0 Å². The van der Waals surface area contributed by atoms with Crippen LogP contribution >= 0.6 is 22.9 Å². The quantitative estimate of drug-likeness (QED) is 0.343. The molecule has 3 aromatic rings. The van der Waals surface area contributed by atoms with E-state index in [0.717, 1.165) is 17.9 Å². The number of rotatable bonds is 5. The van der Waals surface area contributed by atoms with Gasteiger partial charge in [-0.25, -0.2) is 9.48 Å². The van der Waals surface area contributed by atoms with Crippen LogP contribution < -0.4 is 10.6 Å². The molecule has 0 spiro atoms. The van der Waals surface area contributed by atoms with Gasteiger partial charge in [-0.3, -0.25) is 4.79 Å². The van der Waals surface area contributed by atoms with Crippen LogP contribution in [0.1, 0.15) is 57.1 Å². The Balaban J connectivity index is 0.000000427. The number of nitrogens with one attached hydrogen (secondary N) is 2. The maximum atomic E-state index is 12.0. The summed E-state index contributed by atoms with van der Waals surface area (Å²) in [5, 5.41) is 11.7. The van der Waals surface area contributed by atoms with Crippen molar-refractivity contribution in [3.05, 3.63) is 58.0 Å². The third-order valence-corrected chi connectivity index (χ3v) is 6.19. The van der Waals surface area contributed by atoms with E-state index >= 15 is 0 Å². The molecule has 2 N–H and O–H groups in total. The van der Waals surface area contributed by atoms with Crippen LogP contribution in [0.15, 0.2) is 48.1 Å². The second kappa shape index (κ2) is 16.9. The van der Waals surface area contributed by atoms with Crippen LogP contribution in [0.25, 0.3) is 5.69 Å². The Kier molecular flexibility index (Phi) is 14.6. The van der Waals surface area contributed by atoms with E-state index in [-0.39, 0.29) is 0 Å². The van der Waals surface area contributed by atoms with Crippen LogP contribution in [0, 0.1) is 5.92 Å². The summed E-state index contributed by atoms with van der Waals surface area (Å²) in [4.78, 5) is 25.7. The number of nitrogens with zero attached hydrogens (tertiary/aromatic N) is 3. The van der Waals surface area contributed by atoms with Crippen LogP contribution in [-0.2, 0) is 0 Å². The van der Waals surface area contributed by atoms with Crippen molar-refractivity contribution in [1.29, 1.82) is 0 Å². The molecule has 1 fully saturated rings. The number of hydrogen-bond donors (Lipinski definition) is 2. The van der Waals surface area contributed by atoms with Crippen molar-refractivity contribution < 1.29 is 9.59 Å². The van der Waals surface area contributed by atoms with Gasteiger partial charge in [-0.2, -0.15) is 5.10 Å². The molecule has 4 rings (SSSR count). The van der Waals surface area contributed by atoms with Gasteiger partial charge in [0.15, 0.2) is 6.29 Å². The maximum Gasteiger partial charge on any atom is 0.323 e. The number of amides is 2. The number of aromatic nitrogens is 2. The first-order valence-corrected chi connectivity index (χ1v) is 13.3. The van der Waals surface area contributed by atoms with Gasteiger partial charge in [-0.05, 0) is 44.1 Å². The van der Waals surface area contributed by atoms with Crippen molar-refractivity contribution in [2.24, 2.45) is 5.92 Å². The molecule has 9 heteroatoms. The number of carbonyl (C=O) groups is 2. The summed E-state index contributed by atoms with van der Waals surface area (Å²) in [6, 6.07) is 8.26. The van der Waals surface area contributed by atoms with Gasteiger partial charge < -0.3 is 15.5 Å². The Morgan fingerprint density at radius 2 is 1.94 bits per heavy atom. The SMILES string of the molecule is CC.CC.CCC1CCN(C)C1.O=Cc1cc(-n2cc(NC(=O)Nc3ccccc3Cl)cn2)cs1. The molecule has 192 valence electrons. The van der Waals surface area contributed by atoms with Gasteiger partial charge in [0.1, 0.15) is 0 Å². The molecule has 2 aromatic heterocycles. The fourth-order valence-electron chi connectivity index (χ4n) is 3.26. The highest BCUT2D eigenvalue weighted by Crippen LogP contribution is 2.21. The standard InChI is InChI=1S/C15H11ClN4O2S.C7H15N.2C2H6/c16-13-3-1-2-4-14(13)19-15(22)18-10-6-17-20(7-10)11-5-12(8-21)23-9-11;1-3-7-4-5-8(2)6-7;2*1-2/h1-9H,(H2,18,19,22);7H,3-6H2,1-2H3;2*1-2H3. The zero-order valence-corrected chi connectivity index (χ0v) is 23.1. The Morgan fingerprint density at radius 3 is 2.49 bits per heavy atom. The second-order valence-corrected chi connectivity index (χ2v) is 8.73. The van der Waals surface area contributed by atoms with Gasteiger partial charge >= 0.3 is 6.03 Å². The molecule has 35 heavy (non-hydrogen) atoms. The molecule has 0 saturated carbocycles. The summed E-state index contributed by atoms with van der Waals surface area (Å²) in [6.45, 7) is 12.9. The predicted molar refractivity (Wildman–Crippen MR) is 150 cm³/mol. The van der Waals surface area contributed by atoms with Gasteiger partial charge in [0.2, 0.25) is 0 Å². The first-order chi connectivity index (χ1) is 17.0. The minimum Gasteiger partial charge on any atom is -0.306 e. The summed E-state index contributed by atoms with van der Waals surface area (Å²) < 4.78 is 1.58. The maximum absolute atomic E-state index is 12.0. The van der Waals surface area contributed by atoms with Gasteiger partial charge in [0.05, 0.1) is 39.4 Å². The average molecular weight is 520 g/mol. The molecule has 0 radical (unpaired) electrons. The Labute approximate surface area is 218 Å². The topological polar surface area (TPSA) is 79.3 Å². The smallest absolute Gasteiger partial charge is 0.306 e. The molecule has 0 aliphatic carbocycles. The fourth-order valence-corrected chi connectivity index (χ4v) is 4.12. The minimum absolute atomic E-state index is 0.420. The molecule has 0 bridgehead atoms. The first-order valence-electron chi connectivity index (χ1n) is 12.1. The highest BCUT2D eigenvalue weighted by atomic mass is 35.5. The van der Waals surface area contributed by atoms with Crippen molar-refractivity contribution >= 4 is 46.6 Å². The molecule has 1 atom stereocenters. The van der Waals surface area contributed by atoms with E-state index in [1.807, 2.05) is 33.1 Å². The Bertz CT molecular complexity index is 1020. The zero-order chi connectivity index (χ0) is 26.2. The number of para-hydroxylation sites is 1. The van der Waals surface area contributed by atoms with Crippen LogP contribution in [0.3, 0.4) is 0 Å². The molecule has 1 aliphatic rings. The van der Waals surface area contributed by atoms with Crippen molar-refractivity contribution in [3.8, 4) is 5.69 Å². The van der Waals surface area contributed by atoms with Crippen molar-refractivity contribution in [2.45, 2.75) is 47.5 Å². The highest BCUT2D eigenvalue weighted by molar-refractivity contribution is 7.12. The second-order valence-electron chi connectivity index (χ2n) is 7.38. The van der Waals surface area contributed by atoms with Crippen LogP contribution in [0.5, 0.6) is 0 Å². The third kappa shape index (κ3) is 10.2. The number of likely N-dealkylation sites (tertiary alicyclic amines) is 1. The molecule has 1 saturated heterocycles. The molecule has 1 aliphatic heterocycles. The average Bonchev–Trinajstić information content (AvgIpc) is 3.64. The fraction of sp³-hybridized carbons (Fsp3) is 0.423. The molecule has 3 heterocycles. The Hall–Kier alpha value is -2.68. The van der Waals surface area contributed by atoms with Crippen LogP contribution in [-0.4, -0.2) is 47.1 Å². The number of halogens is 1. The van der Waals surface area contributed by atoms with Gasteiger partial charge in [-0.1, -0.05) is 64.8 Å². The lowest BCUT2D eigenvalue weighted by Gasteiger charge is -2.07. The molecule has 7 nitrogen and oxygen atoms in total. The lowest BCUT2D eigenvalue weighted by molar-refractivity contribution is 0.112. The number of benzene rings is 1. The largest absolute Gasteiger partial charge is 0.323 e. The molecular formula is C26H38ClN5O2S. The predicted octanol–water partition coefficient (Wildman–Crippen LogP) is 7.44.